The van der Waals surface area contributed by atoms with E-state index in [4.69, 9.17) is 4.42 Å². The maximum absolute atomic E-state index is 12.4. The third kappa shape index (κ3) is 3.43. The number of benzene rings is 1. The van der Waals surface area contributed by atoms with Gasteiger partial charge < -0.3 is 19.7 Å². The molecule has 2 amide bonds. The lowest BCUT2D eigenvalue weighted by Crippen LogP contribution is -2.47. The summed E-state index contributed by atoms with van der Waals surface area (Å²) in [5.41, 5.74) is 2.35. The fourth-order valence-electron chi connectivity index (χ4n) is 2.76. The number of amides is 2. The van der Waals surface area contributed by atoms with E-state index < -0.39 is 6.10 Å². The number of aromatic nitrogens is 1. The smallest absolute Gasteiger partial charge is 0.321 e. The van der Waals surface area contributed by atoms with Crippen LogP contribution in [0.1, 0.15) is 24.8 Å². The summed E-state index contributed by atoms with van der Waals surface area (Å²) in [6.07, 6.45) is 0.345. The molecule has 2 N–H and O–H groups in total. The van der Waals surface area contributed by atoms with Crippen molar-refractivity contribution in [1.29, 1.82) is 0 Å². The molecule has 0 bridgehead atoms. The number of nitrogens with one attached hydrogen (secondary N) is 1. The van der Waals surface area contributed by atoms with Crippen LogP contribution in [0.3, 0.4) is 0 Å². The minimum absolute atomic E-state index is 0.196. The number of aryl methyl sites for hydroxylation is 2. The minimum atomic E-state index is -0.464. The Morgan fingerprint density at radius 3 is 2.88 bits per heavy atom. The van der Waals surface area contributed by atoms with E-state index in [9.17, 15) is 9.90 Å². The standard InChI is InChI=1S/C18H23N3O3/c1-11-7-8-21(10-16(11)22)18(23)20-15-6-4-5-14(9-15)17-19-12(2)13(3)24-17/h4-6,9,11,16,22H,7-8,10H2,1-3H3,(H,20,23). The van der Waals surface area contributed by atoms with Crippen LogP contribution in [-0.4, -0.2) is 40.2 Å². The Hall–Kier alpha value is -2.34. The van der Waals surface area contributed by atoms with Crippen LogP contribution < -0.4 is 5.32 Å². The minimum Gasteiger partial charge on any atom is -0.441 e. The quantitative estimate of drug-likeness (QED) is 0.887. The zero-order valence-corrected chi connectivity index (χ0v) is 14.2. The van der Waals surface area contributed by atoms with Gasteiger partial charge >= 0.3 is 6.03 Å². The first-order valence-corrected chi connectivity index (χ1v) is 8.22. The normalized spacial score (nSPS) is 20.9. The summed E-state index contributed by atoms with van der Waals surface area (Å²) >= 11 is 0. The van der Waals surface area contributed by atoms with Gasteiger partial charge in [-0.1, -0.05) is 13.0 Å². The third-order valence-corrected chi connectivity index (χ3v) is 4.60. The first kappa shape index (κ1) is 16.5. The number of hydrogen-bond donors (Lipinski definition) is 2. The number of rotatable bonds is 2. The van der Waals surface area contributed by atoms with Gasteiger partial charge in [-0.2, -0.15) is 0 Å². The number of urea groups is 1. The van der Waals surface area contributed by atoms with Crippen molar-refractivity contribution in [3.63, 3.8) is 0 Å². The van der Waals surface area contributed by atoms with Crippen molar-refractivity contribution in [3.8, 4) is 11.5 Å². The Labute approximate surface area is 141 Å². The van der Waals surface area contributed by atoms with Crippen molar-refractivity contribution in [2.24, 2.45) is 5.92 Å². The van der Waals surface area contributed by atoms with Gasteiger partial charge in [-0.15, -0.1) is 0 Å². The van der Waals surface area contributed by atoms with Crippen molar-refractivity contribution in [2.45, 2.75) is 33.3 Å². The van der Waals surface area contributed by atoms with Crippen molar-refractivity contribution >= 4 is 11.7 Å². The number of carbonyl (C=O) groups is 1. The van der Waals surface area contributed by atoms with Gasteiger partial charge in [0.25, 0.3) is 0 Å². The molecule has 2 atom stereocenters. The third-order valence-electron chi connectivity index (χ3n) is 4.60. The number of β-amino-alcohol motifs (C(OH)–C–C–N with tert-alkyl or cyclic N) is 1. The zero-order valence-electron chi connectivity index (χ0n) is 14.2. The molecule has 2 aromatic rings. The lowest BCUT2D eigenvalue weighted by atomic mass is 9.96. The molecule has 6 heteroatoms. The van der Waals surface area contributed by atoms with E-state index >= 15 is 0 Å². The fourth-order valence-corrected chi connectivity index (χ4v) is 2.76. The Balaban J connectivity index is 1.71. The maximum atomic E-state index is 12.4. The second kappa shape index (κ2) is 6.65. The number of carbonyl (C=O) groups excluding carboxylic acids is 1. The van der Waals surface area contributed by atoms with E-state index in [1.165, 1.54) is 0 Å². The van der Waals surface area contributed by atoms with Crippen molar-refractivity contribution in [3.05, 3.63) is 35.7 Å². The van der Waals surface area contributed by atoms with Crippen LogP contribution in [0.25, 0.3) is 11.5 Å². The predicted molar refractivity (Wildman–Crippen MR) is 91.8 cm³/mol. The van der Waals surface area contributed by atoms with Crippen LogP contribution in [0.2, 0.25) is 0 Å². The van der Waals surface area contributed by atoms with E-state index in [1.807, 2.05) is 45.0 Å². The van der Waals surface area contributed by atoms with E-state index in [-0.39, 0.29) is 11.9 Å². The summed E-state index contributed by atoms with van der Waals surface area (Å²) in [6, 6.07) is 7.22. The summed E-state index contributed by atoms with van der Waals surface area (Å²) in [5.74, 6) is 1.56. The molecule has 0 saturated carbocycles. The number of aliphatic hydroxyl groups is 1. The highest BCUT2D eigenvalue weighted by Gasteiger charge is 2.27. The predicted octanol–water partition coefficient (Wildman–Crippen LogP) is 3.19. The maximum Gasteiger partial charge on any atom is 0.321 e. The van der Waals surface area contributed by atoms with Crippen LogP contribution in [-0.2, 0) is 0 Å². The topological polar surface area (TPSA) is 78.6 Å². The van der Waals surface area contributed by atoms with Crippen LogP contribution >= 0.6 is 0 Å². The summed E-state index contributed by atoms with van der Waals surface area (Å²) < 4.78 is 5.64. The Morgan fingerprint density at radius 2 is 2.21 bits per heavy atom. The second-order valence-corrected chi connectivity index (χ2v) is 6.45. The number of nitrogens with zero attached hydrogens (tertiary/aromatic N) is 2. The molecule has 1 fully saturated rings. The number of anilines is 1. The SMILES string of the molecule is Cc1nc(-c2cccc(NC(=O)N3CCC(C)C(O)C3)c2)oc1C. The van der Waals surface area contributed by atoms with Gasteiger partial charge in [0.05, 0.1) is 11.8 Å². The largest absolute Gasteiger partial charge is 0.441 e. The Morgan fingerprint density at radius 1 is 1.42 bits per heavy atom. The molecule has 1 aliphatic heterocycles. The second-order valence-electron chi connectivity index (χ2n) is 6.45. The summed E-state index contributed by atoms with van der Waals surface area (Å²) in [7, 11) is 0. The molecular weight excluding hydrogens is 306 g/mol. The number of aliphatic hydroxyl groups excluding tert-OH is 1. The van der Waals surface area contributed by atoms with Crippen LogP contribution in [0.4, 0.5) is 10.5 Å². The number of likely N-dealkylation sites (tertiary alicyclic amines) is 1. The molecule has 6 nitrogen and oxygen atoms in total. The van der Waals surface area contributed by atoms with Gasteiger partial charge in [-0.05, 0) is 44.4 Å². The highest BCUT2D eigenvalue weighted by atomic mass is 16.4. The van der Waals surface area contributed by atoms with E-state index in [0.717, 1.165) is 23.4 Å². The number of piperidine rings is 1. The molecule has 2 heterocycles. The van der Waals surface area contributed by atoms with Gasteiger partial charge in [-0.3, -0.25) is 0 Å². The fraction of sp³-hybridized carbons (Fsp3) is 0.444. The highest BCUT2D eigenvalue weighted by Crippen LogP contribution is 2.24. The zero-order chi connectivity index (χ0) is 17.3. The monoisotopic (exact) mass is 329 g/mol. The van der Waals surface area contributed by atoms with Gasteiger partial charge in [0, 0.05) is 24.3 Å². The first-order valence-electron chi connectivity index (χ1n) is 8.22. The lowest BCUT2D eigenvalue weighted by molar-refractivity contribution is 0.0464. The highest BCUT2D eigenvalue weighted by molar-refractivity contribution is 5.90. The molecule has 2 unspecified atom stereocenters. The molecule has 24 heavy (non-hydrogen) atoms. The summed E-state index contributed by atoms with van der Waals surface area (Å²) in [4.78, 5) is 18.4. The molecule has 1 saturated heterocycles. The van der Waals surface area contributed by atoms with Crippen LogP contribution in [0, 0.1) is 19.8 Å². The van der Waals surface area contributed by atoms with Crippen molar-refractivity contribution < 1.29 is 14.3 Å². The van der Waals surface area contributed by atoms with E-state index in [1.54, 1.807) is 4.90 Å². The van der Waals surface area contributed by atoms with Crippen molar-refractivity contribution in [1.82, 2.24) is 9.88 Å². The molecule has 0 aliphatic carbocycles. The van der Waals surface area contributed by atoms with Gasteiger partial charge in [0.1, 0.15) is 5.76 Å². The molecular formula is C18H23N3O3. The molecule has 1 aliphatic rings. The Bertz CT molecular complexity index is 721. The van der Waals surface area contributed by atoms with E-state index in [2.05, 4.69) is 10.3 Å². The molecule has 3 rings (SSSR count). The number of hydrogen-bond acceptors (Lipinski definition) is 4. The summed E-state index contributed by atoms with van der Waals surface area (Å²) in [5, 5.41) is 12.8. The van der Waals surface area contributed by atoms with Crippen LogP contribution in [0.15, 0.2) is 28.7 Å². The van der Waals surface area contributed by atoms with Gasteiger partial charge in [-0.25, -0.2) is 9.78 Å². The number of oxazole rings is 1. The molecule has 1 aromatic carbocycles. The van der Waals surface area contributed by atoms with Crippen molar-refractivity contribution in [2.75, 3.05) is 18.4 Å². The molecule has 128 valence electrons. The molecule has 1 aromatic heterocycles. The van der Waals surface area contributed by atoms with E-state index in [0.29, 0.717) is 24.7 Å². The van der Waals surface area contributed by atoms with Gasteiger partial charge in [0.2, 0.25) is 5.89 Å². The molecule has 0 spiro atoms. The average molecular weight is 329 g/mol. The summed E-state index contributed by atoms with van der Waals surface area (Å²) in [6.45, 7) is 6.80. The van der Waals surface area contributed by atoms with Crippen LogP contribution in [0.5, 0.6) is 0 Å². The molecule has 0 radical (unpaired) electrons. The Kier molecular flexibility index (Phi) is 4.57. The average Bonchev–Trinajstić information content (AvgIpc) is 2.89. The first-order chi connectivity index (χ1) is 11.4. The van der Waals surface area contributed by atoms with Gasteiger partial charge in [0.15, 0.2) is 0 Å². The lowest BCUT2D eigenvalue weighted by Gasteiger charge is -2.34.